The van der Waals surface area contributed by atoms with Gasteiger partial charge in [0.1, 0.15) is 12.4 Å². The Balaban J connectivity index is 1.81. The van der Waals surface area contributed by atoms with E-state index in [2.05, 4.69) is 21.0 Å². The van der Waals surface area contributed by atoms with Crippen LogP contribution in [0.25, 0.3) is 0 Å². The smallest absolute Gasteiger partial charge is 0.120 e. The third kappa shape index (κ3) is 4.69. The van der Waals surface area contributed by atoms with E-state index in [0.717, 1.165) is 28.8 Å². The Labute approximate surface area is 121 Å². The Morgan fingerprint density at radius 3 is 3.05 bits per heavy atom. The summed E-state index contributed by atoms with van der Waals surface area (Å²) in [6.45, 7) is 3.31. The molecule has 2 aromatic rings. The summed E-state index contributed by atoms with van der Waals surface area (Å²) < 4.78 is 8.57. The lowest BCUT2D eigenvalue weighted by molar-refractivity contribution is 0.291. The van der Waals surface area contributed by atoms with E-state index in [9.17, 15) is 0 Å². The summed E-state index contributed by atoms with van der Waals surface area (Å²) in [4.78, 5) is 0. The summed E-state index contributed by atoms with van der Waals surface area (Å²) in [6, 6.07) is 7.98. The topological polar surface area (TPSA) is 53.1 Å². The van der Waals surface area contributed by atoms with Crippen molar-refractivity contribution in [2.45, 2.75) is 25.9 Å². The van der Waals surface area contributed by atoms with Gasteiger partial charge in [0.25, 0.3) is 0 Å². The van der Waals surface area contributed by atoms with Crippen LogP contribution in [-0.2, 0) is 13.0 Å². The average molecular weight is 324 g/mol. The molecule has 2 rings (SSSR count). The predicted octanol–water partition coefficient (Wildman–Crippen LogP) is 2.61. The highest BCUT2D eigenvalue weighted by molar-refractivity contribution is 9.10. The van der Waals surface area contributed by atoms with Crippen molar-refractivity contribution in [3.05, 3.63) is 46.7 Å². The molecule has 19 heavy (non-hydrogen) atoms. The van der Waals surface area contributed by atoms with Gasteiger partial charge in [0.05, 0.1) is 12.7 Å². The molecule has 1 atom stereocenters. The average Bonchev–Trinajstić information content (AvgIpc) is 2.76. The normalized spacial score (nSPS) is 12.4. The highest BCUT2D eigenvalue weighted by atomic mass is 79.9. The Morgan fingerprint density at radius 1 is 1.47 bits per heavy atom. The van der Waals surface area contributed by atoms with Crippen molar-refractivity contribution in [3.63, 3.8) is 0 Å². The van der Waals surface area contributed by atoms with E-state index in [1.807, 2.05) is 48.3 Å². The summed E-state index contributed by atoms with van der Waals surface area (Å²) in [5.41, 5.74) is 6.92. The lowest BCUT2D eigenvalue weighted by Gasteiger charge is -2.06. The van der Waals surface area contributed by atoms with Crippen molar-refractivity contribution in [3.8, 4) is 5.75 Å². The first-order chi connectivity index (χ1) is 9.13. The molecule has 2 N–H and O–H groups in total. The van der Waals surface area contributed by atoms with Gasteiger partial charge in [0.15, 0.2) is 0 Å². The number of hydrogen-bond acceptors (Lipinski definition) is 3. The predicted molar refractivity (Wildman–Crippen MR) is 79.2 cm³/mol. The molecule has 0 fully saturated rings. The number of nitrogens with zero attached hydrogens (tertiary/aromatic N) is 2. The monoisotopic (exact) mass is 323 g/mol. The molecule has 0 aliphatic rings. The van der Waals surface area contributed by atoms with Crippen LogP contribution in [-0.4, -0.2) is 22.4 Å². The largest absolute Gasteiger partial charge is 0.492 e. The molecule has 0 aliphatic heterocycles. The van der Waals surface area contributed by atoms with Crippen molar-refractivity contribution in [1.29, 1.82) is 0 Å². The summed E-state index contributed by atoms with van der Waals surface area (Å²) in [7, 11) is 0. The van der Waals surface area contributed by atoms with Gasteiger partial charge in [-0.25, -0.2) is 0 Å². The Hall–Kier alpha value is -1.33. The number of hydrogen-bond donors (Lipinski definition) is 1. The first-order valence-corrected chi connectivity index (χ1v) is 7.08. The van der Waals surface area contributed by atoms with E-state index >= 15 is 0 Å². The highest BCUT2D eigenvalue weighted by Crippen LogP contribution is 2.17. The van der Waals surface area contributed by atoms with Crippen LogP contribution in [0.3, 0.4) is 0 Å². The molecule has 1 aromatic carbocycles. The minimum atomic E-state index is 0.163. The van der Waals surface area contributed by atoms with Gasteiger partial charge in [0, 0.05) is 16.7 Å². The van der Waals surface area contributed by atoms with Crippen molar-refractivity contribution in [1.82, 2.24) is 9.78 Å². The zero-order chi connectivity index (χ0) is 13.7. The summed E-state index contributed by atoms with van der Waals surface area (Å²) in [5, 5.41) is 4.29. The maximum absolute atomic E-state index is 5.76. The van der Waals surface area contributed by atoms with Gasteiger partial charge in [-0.15, -0.1) is 0 Å². The third-order valence-corrected chi connectivity index (χ3v) is 3.12. The van der Waals surface area contributed by atoms with Crippen LogP contribution in [0.15, 0.2) is 41.1 Å². The van der Waals surface area contributed by atoms with E-state index in [-0.39, 0.29) is 6.04 Å². The molecular weight excluding hydrogens is 306 g/mol. The van der Waals surface area contributed by atoms with Crippen molar-refractivity contribution >= 4 is 15.9 Å². The van der Waals surface area contributed by atoms with Crippen LogP contribution in [0.2, 0.25) is 0 Å². The molecule has 0 radical (unpaired) electrons. The minimum Gasteiger partial charge on any atom is -0.492 e. The maximum atomic E-state index is 5.76. The van der Waals surface area contributed by atoms with Crippen molar-refractivity contribution < 1.29 is 4.74 Å². The number of ether oxygens (including phenoxy) is 1. The maximum Gasteiger partial charge on any atom is 0.120 e. The molecule has 0 amide bonds. The molecule has 1 heterocycles. The van der Waals surface area contributed by atoms with Crippen molar-refractivity contribution in [2.24, 2.45) is 5.73 Å². The molecule has 0 saturated heterocycles. The molecule has 0 saturated carbocycles. The molecule has 1 unspecified atom stereocenters. The van der Waals surface area contributed by atoms with E-state index in [1.165, 1.54) is 0 Å². The molecule has 0 bridgehead atoms. The molecule has 0 aliphatic carbocycles. The van der Waals surface area contributed by atoms with Gasteiger partial charge in [-0.1, -0.05) is 22.0 Å². The molecular formula is C14H18BrN3O. The fraction of sp³-hybridized carbons (Fsp3) is 0.357. The third-order valence-electron chi connectivity index (χ3n) is 2.63. The van der Waals surface area contributed by atoms with Gasteiger partial charge in [-0.2, -0.15) is 5.10 Å². The number of benzene rings is 1. The standard InChI is InChI=1S/C14H18BrN3O/c1-11(16)7-12-9-17-18(10-12)5-6-19-14-4-2-3-13(15)8-14/h2-4,8-11H,5-7,16H2,1H3. The lowest BCUT2D eigenvalue weighted by Crippen LogP contribution is -2.17. The van der Waals surface area contributed by atoms with E-state index in [0.29, 0.717) is 6.61 Å². The second-order valence-electron chi connectivity index (χ2n) is 4.60. The first kappa shape index (κ1) is 14.1. The lowest BCUT2D eigenvalue weighted by atomic mass is 10.1. The SMILES string of the molecule is CC(N)Cc1cnn(CCOc2cccc(Br)c2)c1. The van der Waals surface area contributed by atoms with Crippen LogP contribution in [0.1, 0.15) is 12.5 Å². The zero-order valence-corrected chi connectivity index (χ0v) is 12.5. The molecule has 1 aromatic heterocycles. The molecule has 4 nitrogen and oxygen atoms in total. The van der Waals surface area contributed by atoms with Gasteiger partial charge < -0.3 is 10.5 Å². The van der Waals surface area contributed by atoms with Crippen LogP contribution in [0.4, 0.5) is 0 Å². The number of rotatable bonds is 6. The van der Waals surface area contributed by atoms with Gasteiger partial charge in [-0.05, 0) is 37.1 Å². The Morgan fingerprint density at radius 2 is 2.32 bits per heavy atom. The summed E-state index contributed by atoms with van der Waals surface area (Å²) in [5.74, 6) is 0.859. The summed E-state index contributed by atoms with van der Waals surface area (Å²) in [6.07, 6.45) is 4.74. The van der Waals surface area contributed by atoms with Crippen LogP contribution >= 0.6 is 15.9 Å². The van der Waals surface area contributed by atoms with E-state index in [4.69, 9.17) is 10.5 Å². The minimum absolute atomic E-state index is 0.163. The quantitative estimate of drug-likeness (QED) is 0.889. The number of nitrogens with two attached hydrogens (primary N) is 1. The second kappa shape index (κ2) is 6.73. The molecule has 0 spiro atoms. The van der Waals surface area contributed by atoms with Gasteiger partial charge in [-0.3, -0.25) is 4.68 Å². The zero-order valence-electron chi connectivity index (χ0n) is 10.9. The van der Waals surface area contributed by atoms with Crippen LogP contribution < -0.4 is 10.5 Å². The van der Waals surface area contributed by atoms with E-state index < -0.39 is 0 Å². The van der Waals surface area contributed by atoms with Crippen LogP contribution in [0.5, 0.6) is 5.75 Å². The fourth-order valence-corrected chi connectivity index (χ4v) is 2.20. The number of aromatic nitrogens is 2. The van der Waals surface area contributed by atoms with E-state index in [1.54, 1.807) is 0 Å². The second-order valence-corrected chi connectivity index (χ2v) is 5.51. The van der Waals surface area contributed by atoms with Gasteiger partial charge >= 0.3 is 0 Å². The fourth-order valence-electron chi connectivity index (χ4n) is 1.82. The molecule has 102 valence electrons. The molecule has 5 heteroatoms. The Kier molecular flexibility index (Phi) is 4.99. The number of halogens is 1. The summed E-state index contributed by atoms with van der Waals surface area (Å²) >= 11 is 3.42. The van der Waals surface area contributed by atoms with Crippen LogP contribution in [0, 0.1) is 0 Å². The van der Waals surface area contributed by atoms with Crippen molar-refractivity contribution in [2.75, 3.05) is 6.61 Å². The Bertz CT molecular complexity index is 525. The first-order valence-electron chi connectivity index (χ1n) is 6.29. The highest BCUT2D eigenvalue weighted by Gasteiger charge is 2.02. The van der Waals surface area contributed by atoms with Gasteiger partial charge in [0.2, 0.25) is 0 Å².